The Hall–Kier alpha value is -0.935. The Morgan fingerprint density at radius 2 is 1.18 bits per heavy atom. The Kier molecular flexibility index (Phi) is 14.7. The molecular weight excluding hydrogens is 670 g/mol. The van der Waals surface area contributed by atoms with Crippen LogP contribution in [-0.4, -0.2) is 37.2 Å². The number of hydrogen-bond acceptors (Lipinski definition) is 6. The summed E-state index contributed by atoms with van der Waals surface area (Å²) in [6.07, 6.45) is 0. The molecule has 0 aliphatic heterocycles. The average molecular weight is 694 g/mol. The third-order valence-corrected chi connectivity index (χ3v) is 4.48. The number of phenols is 3. The highest BCUT2D eigenvalue weighted by Gasteiger charge is 2.19. The van der Waals surface area contributed by atoms with Gasteiger partial charge in [0.1, 0.15) is 23.0 Å². The molecule has 0 heterocycles. The number of rotatable bonds is 5. The second-order valence-corrected chi connectivity index (χ2v) is 14.4. The molecule has 0 unspecified atom stereocenters. The number of aromatic hydroxyl groups is 3. The molecule has 3 N–H and O–H groups in total. The quantitative estimate of drug-likeness (QED) is 0.169. The van der Waals surface area contributed by atoms with Crippen molar-refractivity contribution in [2.75, 3.05) is 7.11 Å². The molecule has 2 aromatic carbocycles. The SMILES string of the molecule is BrB(Br)Br.CC(C)C(=O)c1cc(O)cc(Cl)c1O.COc1cc(Cl)c(O)c(C(=O)C(C)C)c1. The number of carbonyl (C=O) groups is 2. The molecule has 12 heteroatoms. The average Bonchev–Trinajstić information content (AvgIpc) is 2.71. The Bertz CT molecular complexity index is 969. The third-order valence-electron chi connectivity index (χ3n) is 3.90. The molecule has 33 heavy (non-hydrogen) atoms. The van der Waals surface area contributed by atoms with Gasteiger partial charge in [0.15, 0.2) is 11.6 Å². The highest BCUT2D eigenvalue weighted by molar-refractivity contribution is 9.69. The molecule has 0 saturated heterocycles. The van der Waals surface area contributed by atoms with Crippen molar-refractivity contribution in [2.45, 2.75) is 27.7 Å². The molecule has 2 rings (SSSR count). The van der Waals surface area contributed by atoms with E-state index in [1.165, 1.54) is 31.4 Å². The second-order valence-electron chi connectivity index (χ2n) is 7.11. The summed E-state index contributed by atoms with van der Waals surface area (Å²) in [4.78, 5) is 23.3. The maximum Gasteiger partial charge on any atom is 0.369 e. The largest absolute Gasteiger partial charge is 0.508 e. The number of ether oxygens (including phenoxy) is 1. The lowest BCUT2D eigenvalue weighted by Crippen LogP contribution is -2.08. The number of hydrogen-bond donors (Lipinski definition) is 3. The smallest absolute Gasteiger partial charge is 0.369 e. The van der Waals surface area contributed by atoms with Crippen LogP contribution in [0.1, 0.15) is 48.4 Å². The van der Waals surface area contributed by atoms with E-state index in [-0.39, 0.29) is 65.0 Å². The number of benzene rings is 2. The van der Waals surface area contributed by atoms with Gasteiger partial charge in [0.05, 0.1) is 28.3 Å². The summed E-state index contributed by atoms with van der Waals surface area (Å²) in [6.45, 7) is 6.93. The van der Waals surface area contributed by atoms with E-state index in [1.807, 2.05) is 0 Å². The molecule has 6 nitrogen and oxygen atoms in total. The minimum absolute atomic E-state index is 0.0194. The van der Waals surface area contributed by atoms with Gasteiger partial charge in [-0.3, -0.25) is 9.59 Å². The molecule has 0 spiro atoms. The number of carbonyl (C=O) groups excluding carboxylic acids is 2. The van der Waals surface area contributed by atoms with Crippen molar-refractivity contribution >= 4 is 85.2 Å². The molecule has 0 saturated carbocycles. The maximum absolute atomic E-state index is 11.7. The Labute approximate surface area is 228 Å². The van der Waals surface area contributed by atoms with Crippen LogP contribution in [0.25, 0.3) is 0 Å². The summed E-state index contributed by atoms with van der Waals surface area (Å²) < 4.78 is 5.24. The Morgan fingerprint density at radius 3 is 1.55 bits per heavy atom. The van der Waals surface area contributed by atoms with Gasteiger partial charge in [-0.05, 0) is 12.1 Å². The molecule has 0 bridgehead atoms. The van der Waals surface area contributed by atoms with Crippen LogP contribution in [0.15, 0.2) is 24.3 Å². The lowest BCUT2D eigenvalue weighted by Gasteiger charge is -2.10. The first-order valence-electron chi connectivity index (χ1n) is 9.42. The highest BCUT2D eigenvalue weighted by atomic mass is 79.9. The molecule has 0 atom stereocenters. The van der Waals surface area contributed by atoms with E-state index in [1.54, 1.807) is 27.7 Å². The van der Waals surface area contributed by atoms with Crippen molar-refractivity contribution in [2.24, 2.45) is 11.8 Å². The van der Waals surface area contributed by atoms with Crippen LogP contribution in [0.4, 0.5) is 0 Å². The zero-order chi connectivity index (χ0) is 26.0. The van der Waals surface area contributed by atoms with Gasteiger partial charge in [-0.15, -0.1) is 47.3 Å². The minimum Gasteiger partial charge on any atom is -0.508 e. The number of phenolic OH excluding ortho intramolecular Hbond substituents is 3. The van der Waals surface area contributed by atoms with E-state index in [9.17, 15) is 24.9 Å². The van der Waals surface area contributed by atoms with Crippen LogP contribution in [0, 0.1) is 11.8 Å². The normalized spacial score (nSPS) is 10.1. The summed E-state index contributed by atoms with van der Waals surface area (Å²) in [5.74, 6) is -0.982. The molecule has 182 valence electrons. The van der Waals surface area contributed by atoms with Crippen molar-refractivity contribution in [3.8, 4) is 23.0 Å². The van der Waals surface area contributed by atoms with Crippen LogP contribution >= 0.6 is 70.5 Å². The molecule has 0 aromatic heterocycles. The predicted octanol–water partition coefficient (Wildman–Crippen LogP) is 7.64. The number of halogens is 5. The summed E-state index contributed by atoms with van der Waals surface area (Å²) in [6, 6.07) is 5.36. The Morgan fingerprint density at radius 1 is 0.818 bits per heavy atom. The lowest BCUT2D eigenvalue weighted by molar-refractivity contribution is 0.0929. The third kappa shape index (κ3) is 10.9. The van der Waals surface area contributed by atoms with Crippen LogP contribution in [0.3, 0.4) is 0 Å². The van der Waals surface area contributed by atoms with E-state index in [0.717, 1.165) is 0 Å². The van der Waals surface area contributed by atoms with Crippen LogP contribution in [0.5, 0.6) is 23.0 Å². The van der Waals surface area contributed by atoms with Gasteiger partial charge in [-0.2, -0.15) is 0 Å². The van der Waals surface area contributed by atoms with Crippen molar-refractivity contribution < 1.29 is 29.6 Å². The Balaban J connectivity index is 0.000000536. The van der Waals surface area contributed by atoms with Gasteiger partial charge >= 0.3 is 3.18 Å². The van der Waals surface area contributed by atoms with Crippen molar-refractivity contribution in [3.63, 3.8) is 0 Å². The molecule has 0 aliphatic rings. The predicted molar refractivity (Wildman–Crippen MR) is 145 cm³/mol. The van der Waals surface area contributed by atoms with E-state index in [2.05, 4.69) is 47.3 Å². The van der Waals surface area contributed by atoms with Gasteiger partial charge in [-0.25, -0.2) is 0 Å². The van der Waals surface area contributed by atoms with E-state index in [0.29, 0.717) is 5.75 Å². The molecule has 0 fully saturated rings. The van der Waals surface area contributed by atoms with Crippen LogP contribution in [0.2, 0.25) is 10.0 Å². The molecule has 2 aromatic rings. The van der Waals surface area contributed by atoms with Gasteiger partial charge in [0, 0.05) is 24.0 Å². The summed E-state index contributed by atoms with van der Waals surface area (Å²) in [5, 5.41) is 28.4. The maximum atomic E-state index is 11.7. The van der Waals surface area contributed by atoms with Crippen LogP contribution in [-0.2, 0) is 0 Å². The van der Waals surface area contributed by atoms with Crippen molar-refractivity contribution in [1.82, 2.24) is 0 Å². The summed E-state index contributed by atoms with van der Waals surface area (Å²) >= 11 is 20.7. The molecule has 0 amide bonds. The number of Topliss-reactive ketones (excluding diaryl/α,β-unsaturated/α-hetero) is 2. The monoisotopic (exact) mass is 690 g/mol. The van der Waals surface area contributed by atoms with E-state index >= 15 is 0 Å². The van der Waals surface area contributed by atoms with Gasteiger partial charge in [-0.1, -0.05) is 50.9 Å². The summed E-state index contributed by atoms with van der Waals surface area (Å²) in [5.41, 5.74) is 0.263. The van der Waals surface area contributed by atoms with E-state index < -0.39 is 0 Å². The first-order chi connectivity index (χ1) is 15.1. The summed E-state index contributed by atoms with van der Waals surface area (Å²) in [7, 11) is 1.48. The topological polar surface area (TPSA) is 104 Å². The number of ketones is 2. The fourth-order valence-electron chi connectivity index (χ4n) is 2.27. The number of methoxy groups -OCH3 is 1. The molecular formula is C21H24BBr3Cl2O6. The minimum atomic E-state index is -0.275. The molecule has 0 radical (unpaired) electrons. The van der Waals surface area contributed by atoms with Crippen molar-refractivity contribution in [3.05, 3.63) is 45.4 Å². The first-order valence-corrected chi connectivity index (χ1v) is 12.9. The van der Waals surface area contributed by atoms with Gasteiger partial charge < -0.3 is 20.1 Å². The second kappa shape index (κ2) is 15.1. The zero-order valence-corrected chi connectivity index (χ0v) is 24.8. The first kappa shape index (κ1) is 32.1. The zero-order valence-electron chi connectivity index (χ0n) is 18.5. The lowest BCUT2D eigenvalue weighted by atomic mass is 10.00. The van der Waals surface area contributed by atoms with Gasteiger partial charge in [0.2, 0.25) is 0 Å². The fourth-order valence-corrected chi connectivity index (χ4v) is 2.70. The van der Waals surface area contributed by atoms with Crippen molar-refractivity contribution in [1.29, 1.82) is 0 Å². The van der Waals surface area contributed by atoms with Gasteiger partial charge in [0.25, 0.3) is 0 Å². The fraction of sp³-hybridized carbons (Fsp3) is 0.333. The van der Waals surface area contributed by atoms with E-state index in [4.69, 9.17) is 27.9 Å². The van der Waals surface area contributed by atoms with Crippen LogP contribution < -0.4 is 4.74 Å². The standard InChI is InChI=1S/C11H13ClO3.C10H11ClO3.BBr3/c1-6(2)10(13)8-4-7(15-3)5-9(12)11(8)14;1-5(2)9(13)7-3-6(12)4-8(11)10(7)14;2-1(3)4/h4-6,14H,1-3H3;3-5,12,14H,1-2H3;. The highest BCUT2D eigenvalue weighted by Crippen LogP contribution is 2.34. The molecule has 0 aliphatic carbocycles.